The Morgan fingerprint density at radius 2 is 1.74 bits per heavy atom. The van der Waals surface area contributed by atoms with E-state index in [4.69, 9.17) is 10.00 Å². The first kappa shape index (κ1) is 25.5. The SMILES string of the molecule is CC(c1ccccc1)N(C)C(=O)COC(=O)c1ccccc1SCC(=O)Nc1cccc(C#N)c1. The third-order valence-corrected chi connectivity index (χ3v) is 6.40. The summed E-state index contributed by atoms with van der Waals surface area (Å²) in [4.78, 5) is 39.7. The van der Waals surface area contributed by atoms with Gasteiger partial charge in [0.2, 0.25) is 5.91 Å². The van der Waals surface area contributed by atoms with Gasteiger partial charge >= 0.3 is 5.97 Å². The lowest BCUT2D eigenvalue weighted by atomic mass is 10.1. The molecule has 1 unspecified atom stereocenters. The van der Waals surface area contributed by atoms with Gasteiger partial charge in [0, 0.05) is 17.6 Å². The monoisotopic (exact) mass is 487 g/mol. The van der Waals surface area contributed by atoms with E-state index in [0.29, 0.717) is 16.1 Å². The maximum Gasteiger partial charge on any atom is 0.339 e. The lowest BCUT2D eigenvalue weighted by Crippen LogP contribution is -2.33. The first-order valence-electron chi connectivity index (χ1n) is 10.9. The van der Waals surface area contributed by atoms with Gasteiger partial charge < -0.3 is 15.0 Å². The molecular formula is C27H25N3O4S. The van der Waals surface area contributed by atoms with Crippen LogP contribution in [-0.2, 0) is 14.3 Å². The highest BCUT2D eigenvalue weighted by atomic mass is 32.2. The molecule has 0 aromatic heterocycles. The molecule has 3 rings (SSSR count). The molecule has 1 N–H and O–H groups in total. The van der Waals surface area contributed by atoms with Gasteiger partial charge in [-0.15, -0.1) is 11.8 Å². The third kappa shape index (κ3) is 7.19. The predicted molar refractivity (Wildman–Crippen MR) is 135 cm³/mol. The number of thioether (sulfide) groups is 1. The van der Waals surface area contributed by atoms with Crippen LogP contribution in [-0.4, -0.2) is 42.1 Å². The fourth-order valence-electron chi connectivity index (χ4n) is 3.25. The van der Waals surface area contributed by atoms with Gasteiger partial charge in [-0.1, -0.05) is 48.5 Å². The number of hydrogen-bond donors (Lipinski definition) is 1. The molecule has 0 radical (unpaired) electrons. The molecule has 8 heteroatoms. The number of carbonyl (C=O) groups excluding carboxylic acids is 3. The van der Waals surface area contributed by atoms with Crippen LogP contribution in [0.2, 0.25) is 0 Å². The topological polar surface area (TPSA) is 99.5 Å². The fraction of sp³-hybridized carbons (Fsp3) is 0.185. The largest absolute Gasteiger partial charge is 0.452 e. The molecule has 3 aromatic rings. The summed E-state index contributed by atoms with van der Waals surface area (Å²) in [5, 5.41) is 11.7. The molecule has 2 amide bonds. The molecule has 0 aliphatic carbocycles. The number of nitrogens with one attached hydrogen (secondary N) is 1. The lowest BCUT2D eigenvalue weighted by Gasteiger charge is -2.25. The number of nitriles is 1. The van der Waals surface area contributed by atoms with E-state index in [2.05, 4.69) is 5.32 Å². The number of amides is 2. The summed E-state index contributed by atoms with van der Waals surface area (Å²) in [7, 11) is 1.67. The highest BCUT2D eigenvalue weighted by Crippen LogP contribution is 2.24. The summed E-state index contributed by atoms with van der Waals surface area (Å²) < 4.78 is 5.29. The minimum absolute atomic E-state index is 0.0529. The average Bonchev–Trinajstić information content (AvgIpc) is 2.90. The summed E-state index contributed by atoms with van der Waals surface area (Å²) in [6.07, 6.45) is 0. The second-order valence-electron chi connectivity index (χ2n) is 7.69. The summed E-state index contributed by atoms with van der Waals surface area (Å²) in [6.45, 7) is 1.52. The Bertz CT molecular complexity index is 1240. The zero-order chi connectivity index (χ0) is 25.2. The van der Waals surface area contributed by atoms with E-state index >= 15 is 0 Å². The van der Waals surface area contributed by atoms with E-state index in [0.717, 1.165) is 5.56 Å². The first-order valence-corrected chi connectivity index (χ1v) is 11.9. The summed E-state index contributed by atoms with van der Waals surface area (Å²) in [5.74, 6) is -1.18. The van der Waals surface area contributed by atoms with Crippen LogP contribution in [0.4, 0.5) is 5.69 Å². The van der Waals surface area contributed by atoms with Crippen molar-refractivity contribution in [2.45, 2.75) is 17.9 Å². The van der Waals surface area contributed by atoms with Crippen molar-refractivity contribution in [3.63, 3.8) is 0 Å². The highest BCUT2D eigenvalue weighted by molar-refractivity contribution is 8.00. The summed E-state index contributed by atoms with van der Waals surface area (Å²) >= 11 is 1.18. The Morgan fingerprint density at radius 3 is 2.49 bits per heavy atom. The molecule has 0 bridgehead atoms. The average molecular weight is 488 g/mol. The van der Waals surface area contributed by atoms with Gasteiger partial charge in [-0.05, 0) is 42.8 Å². The standard InChI is InChI=1S/C27H25N3O4S/c1-19(21-10-4-3-5-11-21)30(2)26(32)17-34-27(33)23-13-6-7-14-24(23)35-18-25(31)29-22-12-8-9-20(15-22)16-28/h3-15,19H,17-18H2,1-2H3,(H,29,31). The van der Waals surface area contributed by atoms with E-state index in [1.165, 1.54) is 16.7 Å². The molecule has 35 heavy (non-hydrogen) atoms. The quantitative estimate of drug-likeness (QED) is 0.348. The van der Waals surface area contributed by atoms with Gasteiger partial charge in [0.25, 0.3) is 5.91 Å². The van der Waals surface area contributed by atoms with Crippen LogP contribution in [0, 0.1) is 11.3 Å². The fourth-order valence-corrected chi connectivity index (χ4v) is 4.09. The van der Waals surface area contributed by atoms with Gasteiger partial charge in [-0.25, -0.2) is 4.79 Å². The van der Waals surface area contributed by atoms with Crippen LogP contribution in [0.3, 0.4) is 0 Å². The van der Waals surface area contributed by atoms with E-state index < -0.39 is 5.97 Å². The van der Waals surface area contributed by atoms with Gasteiger partial charge in [0.15, 0.2) is 6.61 Å². The number of benzene rings is 3. The molecule has 0 fully saturated rings. The zero-order valence-corrected chi connectivity index (χ0v) is 20.2. The normalized spacial score (nSPS) is 11.1. The van der Waals surface area contributed by atoms with Gasteiger partial charge in [-0.2, -0.15) is 5.26 Å². The second-order valence-corrected chi connectivity index (χ2v) is 8.71. The summed E-state index contributed by atoms with van der Waals surface area (Å²) in [5.41, 5.74) is 2.23. The third-order valence-electron chi connectivity index (χ3n) is 5.32. The Balaban J connectivity index is 1.55. The van der Waals surface area contributed by atoms with Crippen molar-refractivity contribution in [3.8, 4) is 6.07 Å². The maximum absolute atomic E-state index is 12.7. The number of carbonyl (C=O) groups is 3. The Morgan fingerprint density at radius 1 is 1.03 bits per heavy atom. The van der Waals surface area contributed by atoms with Crippen molar-refractivity contribution in [3.05, 3.63) is 95.6 Å². The molecule has 0 aliphatic heterocycles. The van der Waals surface area contributed by atoms with Crippen LogP contribution >= 0.6 is 11.8 Å². The van der Waals surface area contributed by atoms with Gasteiger partial charge in [0.1, 0.15) is 0 Å². The van der Waals surface area contributed by atoms with E-state index in [9.17, 15) is 14.4 Å². The lowest BCUT2D eigenvalue weighted by molar-refractivity contribution is -0.135. The van der Waals surface area contributed by atoms with Crippen molar-refractivity contribution in [1.82, 2.24) is 4.90 Å². The van der Waals surface area contributed by atoms with Gasteiger partial charge in [0.05, 0.1) is 29.0 Å². The van der Waals surface area contributed by atoms with Crippen molar-refractivity contribution in [1.29, 1.82) is 5.26 Å². The van der Waals surface area contributed by atoms with Crippen LogP contribution in [0.1, 0.15) is 34.5 Å². The highest BCUT2D eigenvalue weighted by Gasteiger charge is 2.20. The molecule has 0 spiro atoms. The molecule has 0 saturated carbocycles. The maximum atomic E-state index is 12.7. The molecular weight excluding hydrogens is 462 g/mol. The van der Waals surface area contributed by atoms with Crippen LogP contribution in [0.25, 0.3) is 0 Å². The predicted octanol–water partition coefficient (Wildman–Crippen LogP) is 4.67. The minimum Gasteiger partial charge on any atom is -0.452 e. The molecule has 1 atom stereocenters. The molecule has 7 nitrogen and oxygen atoms in total. The molecule has 178 valence electrons. The smallest absolute Gasteiger partial charge is 0.339 e. The van der Waals surface area contributed by atoms with E-state index in [-0.39, 0.29) is 35.8 Å². The van der Waals surface area contributed by atoms with E-state index in [1.807, 2.05) is 43.3 Å². The zero-order valence-electron chi connectivity index (χ0n) is 19.4. The molecule has 0 aliphatic rings. The van der Waals surface area contributed by atoms with Crippen LogP contribution in [0.15, 0.2) is 83.8 Å². The molecule has 3 aromatic carbocycles. The number of rotatable bonds is 9. The molecule has 0 saturated heterocycles. The number of nitrogens with zero attached hydrogens (tertiary/aromatic N) is 2. The van der Waals surface area contributed by atoms with Gasteiger partial charge in [-0.3, -0.25) is 9.59 Å². The summed E-state index contributed by atoms with van der Waals surface area (Å²) in [6, 6.07) is 24.8. The number of hydrogen-bond acceptors (Lipinski definition) is 6. The van der Waals surface area contributed by atoms with Crippen LogP contribution < -0.4 is 5.32 Å². The minimum atomic E-state index is -0.635. The van der Waals surface area contributed by atoms with Crippen molar-refractivity contribution < 1.29 is 19.1 Å². The Kier molecular flexibility index (Phi) is 9.04. The Hall–Kier alpha value is -4.09. The van der Waals surface area contributed by atoms with Crippen LogP contribution in [0.5, 0.6) is 0 Å². The second kappa shape index (κ2) is 12.4. The number of esters is 1. The number of likely N-dealkylation sites (N-methyl/N-ethyl adjacent to an activating group) is 1. The Labute approximate surface area is 208 Å². The van der Waals surface area contributed by atoms with Crippen molar-refractivity contribution in [2.24, 2.45) is 0 Å². The molecule has 0 heterocycles. The number of anilines is 1. The van der Waals surface area contributed by atoms with Crippen molar-refractivity contribution in [2.75, 3.05) is 24.7 Å². The van der Waals surface area contributed by atoms with E-state index in [1.54, 1.807) is 55.6 Å². The van der Waals surface area contributed by atoms with Crippen molar-refractivity contribution >= 4 is 35.2 Å². The number of ether oxygens (including phenoxy) is 1. The first-order chi connectivity index (χ1) is 16.9.